The predicted molar refractivity (Wildman–Crippen MR) is 147 cm³/mol. The normalized spacial score (nSPS) is 15.5. The Hall–Kier alpha value is -3.73. The van der Waals surface area contributed by atoms with Crippen LogP contribution in [-0.2, 0) is 37.2 Å². The lowest BCUT2D eigenvalue weighted by molar-refractivity contribution is -0.137. The first-order chi connectivity index (χ1) is 18.6. The maximum absolute atomic E-state index is 13.5. The van der Waals surface area contributed by atoms with Crippen LogP contribution in [0.3, 0.4) is 0 Å². The monoisotopic (exact) mass is 569 g/mol. The molecule has 39 heavy (non-hydrogen) atoms. The largest absolute Gasteiger partial charge is 0.494 e. The first kappa shape index (κ1) is 28.3. The van der Waals surface area contributed by atoms with E-state index in [-0.39, 0.29) is 30.2 Å². The lowest BCUT2D eigenvalue weighted by Crippen LogP contribution is -2.47. The van der Waals surface area contributed by atoms with Crippen LogP contribution in [0, 0.1) is 0 Å². The molecule has 11 heteroatoms. The van der Waals surface area contributed by atoms with Gasteiger partial charge in [0.1, 0.15) is 11.8 Å². The zero-order valence-corrected chi connectivity index (χ0v) is 22.8. The summed E-state index contributed by atoms with van der Waals surface area (Å²) in [5, 5.41) is 5.71. The van der Waals surface area contributed by atoms with Crippen LogP contribution < -0.4 is 14.8 Å². The summed E-state index contributed by atoms with van der Waals surface area (Å²) in [4.78, 5) is 42.5. The Kier molecular flexibility index (Phi) is 8.69. The molecule has 1 saturated heterocycles. The number of rotatable bonds is 10. The lowest BCUT2D eigenvalue weighted by Gasteiger charge is -2.28. The fourth-order valence-electron chi connectivity index (χ4n) is 4.42. The number of hydrogen-bond acceptors (Lipinski definition) is 6. The molecule has 0 spiro atoms. The van der Waals surface area contributed by atoms with Gasteiger partial charge in [-0.2, -0.15) is 0 Å². The van der Waals surface area contributed by atoms with Gasteiger partial charge in [0.2, 0.25) is 21.8 Å². The van der Waals surface area contributed by atoms with Gasteiger partial charge >= 0.3 is 0 Å². The highest BCUT2D eigenvalue weighted by molar-refractivity contribution is 7.89. The number of amides is 3. The third kappa shape index (κ3) is 6.83. The summed E-state index contributed by atoms with van der Waals surface area (Å²) in [7, 11) is -3.84. The van der Waals surface area contributed by atoms with E-state index in [1.54, 1.807) is 60.7 Å². The molecule has 9 nitrogen and oxygen atoms in total. The molecule has 1 heterocycles. The summed E-state index contributed by atoms with van der Waals surface area (Å²) < 4.78 is 28.6. The topological polar surface area (TPSA) is 127 Å². The fraction of sp³-hybridized carbons (Fsp3) is 0.250. The number of benzene rings is 3. The van der Waals surface area contributed by atoms with E-state index in [4.69, 9.17) is 21.5 Å². The molecule has 4 rings (SSSR count). The fourth-order valence-corrected chi connectivity index (χ4v) is 5.06. The summed E-state index contributed by atoms with van der Waals surface area (Å²) in [6, 6.07) is 18.5. The average molecular weight is 570 g/mol. The maximum Gasteiger partial charge on any atom is 0.257 e. The third-order valence-corrected chi connectivity index (χ3v) is 7.57. The van der Waals surface area contributed by atoms with Gasteiger partial charge in [-0.25, -0.2) is 18.5 Å². The molecule has 0 bridgehead atoms. The first-order valence-electron chi connectivity index (χ1n) is 12.3. The average Bonchev–Trinajstić information content (AvgIpc) is 3.19. The molecule has 3 amide bonds. The number of carbonyl (C=O) groups is 3. The van der Waals surface area contributed by atoms with Gasteiger partial charge in [0, 0.05) is 11.6 Å². The van der Waals surface area contributed by atoms with E-state index in [2.05, 4.69) is 0 Å². The van der Waals surface area contributed by atoms with Crippen LogP contribution in [0.15, 0.2) is 77.7 Å². The Morgan fingerprint density at radius 1 is 1.00 bits per heavy atom. The van der Waals surface area contributed by atoms with E-state index in [0.29, 0.717) is 35.1 Å². The van der Waals surface area contributed by atoms with Gasteiger partial charge in [0.15, 0.2) is 0 Å². The van der Waals surface area contributed by atoms with Gasteiger partial charge in [-0.3, -0.25) is 14.4 Å². The zero-order valence-electron chi connectivity index (χ0n) is 21.2. The van der Waals surface area contributed by atoms with Crippen LogP contribution in [0.25, 0.3) is 0 Å². The second-order valence-corrected chi connectivity index (χ2v) is 11.0. The van der Waals surface area contributed by atoms with Crippen LogP contribution in [-0.4, -0.2) is 50.2 Å². The highest BCUT2D eigenvalue weighted by Crippen LogP contribution is 2.28. The quantitative estimate of drug-likeness (QED) is 0.373. The Balaban J connectivity index is 1.57. The van der Waals surface area contributed by atoms with E-state index in [1.165, 1.54) is 17.0 Å². The molecule has 2 N–H and O–H groups in total. The van der Waals surface area contributed by atoms with Crippen molar-refractivity contribution in [2.75, 3.05) is 18.1 Å². The van der Waals surface area contributed by atoms with Crippen molar-refractivity contribution in [3.05, 3.63) is 88.9 Å². The summed E-state index contributed by atoms with van der Waals surface area (Å²) in [6.45, 7) is 2.48. The van der Waals surface area contributed by atoms with Crippen LogP contribution in [0.2, 0.25) is 5.02 Å². The standard InChI is InChI=1S/C28H28ClN3O6S/c1-2-38-23-11-9-22(10-12-23)32-27(34)18-25(28(32)35)31(26(33)17-20-3-7-21(29)8-4-20)16-15-19-5-13-24(14-6-19)39(30,36)37/h3-14,25H,2,15-18H2,1H3,(H2,30,36,37). The van der Waals surface area contributed by atoms with Crippen molar-refractivity contribution in [1.29, 1.82) is 0 Å². The summed E-state index contributed by atoms with van der Waals surface area (Å²) in [5.74, 6) is -0.600. The molecular formula is C28H28ClN3O6S. The van der Waals surface area contributed by atoms with E-state index >= 15 is 0 Å². The van der Waals surface area contributed by atoms with E-state index < -0.39 is 27.9 Å². The van der Waals surface area contributed by atoms with Crippen molar-refractivity contribution in [3.63, 3.8) is 0 Å². The molecule has 1 fully saturated rings. The maximum atomic E-state index is 13.5. The minimum atomic E-state index is -3.84. The number of sulfonamides is 1. The van der Waals surface area contributed by atoms with Crippen LogP contribution in [0.4, 0.5) is 5.69 Å². The molecule has 0 radical (unpaired) electrons. The molecule has 0 aromatic heterocycles. The smallest absolute Gasteiger partial charge is 0.257 e. The van der Waals surface area contributed by atoms with E-state index in [0.717, 1.165) is 10.5 Å². The summed E-state index contributed by atoms with van der Waals surface area (Å²) in [6.07, 6.45) is 0.198. The molecule has 1 atom stereocenters. The first-order valence-corrected chi connectivity index (χ1v) is 14.2. The van der Waals surface area contributed by atoms with Crippen molar-refractivity contribution < 1.29 is 27.5 Å². The molecule has 0 saturated carbocycles. The molecular weight excluding hydrogens is 542 g/mol. The Labute approximate surface area is 232 Å². The lowest BCUT2D eigenvalue weighted by atomic mass is 10.1. The molecule has 1 aliphatic rings. The number of nitrogens with zero attached hydrogens (tertiary/aromatic N) is 2. The second kappa shape index (κ2) is 12.0. The summed E-state index contributed by atoms with van der Waals surface area (Å²) in [5.41, 5.74) is 1.86. The van der Waals surface area contributed by atoms with Crippen molar-refractivity contribution in [2.45, 2.75) is 37.1 Å². The Bertz CT molecular complexity index is 1460. The number of hydrogen-bond donors (Lipinski definition) is 1. The van der Waals surface area contributed by atoms with Crippen LogP contribution >= 0.6 is 11.6 Å². The van der Waals surface area contributed by atoms with Gasteiger partial charge in [-0.1, -0.05) is 35.9 Å². The Morgan fingerprint density at radius 2 is 1.62 bits per heavy atom. The number of anilines is 1. The van der Waals surface area contributed by atoms with Gasteiger partial charge in [-0.05, 0) is 73.0 Å². The van der Waals surface area contributed by atoms with Crippen molar-refractivity contribution in [1.82, 2.24) is 4.90 Å². The number of nitrogens with two attached hydrogens (primary N) is 1. The number of ether oxygens (including phenoxy) is 1. The second-order valence-electron chi connectivity index (χ2n) is 9.04. The molecule has 3 aromatic carbocycles. The third-order valence-electron chi connectivity index (χ3n) is 6.39. The van der Waals surface area contributed by atoms with Gasteiger partial charge in [0.05, 0.1) is 30.0 Å². The van der Waals surface area contributed by atoms with Crippen LogP contribution in [0.1, 0.15) is 24.5 Å². The predicted octanol–water partition coefficient (Wildman–Crippen LogP) is 3.33. The highest BCUT2D eigenvalue weighted by Gasteiger charge is 2.44. The highest BCUT2D eigenvalue weighted by atomic mass is 35.5. The number of primary sulfonamides is 1. The van der Waals surface area contributed by atoms with Crippen molar-refractivity contribution in [2.24, 2.45) is 5.14 Å². The summed E-state index contributed by atoms with van der Waals surface area (Å²) >= 11 is 5.97. The molecule has 1 unspecified atom stereocenters. The Morgan fingerprint density at radius 3 is 2.21 bits per heavy atom. The molecule has 1 aliphatic heterocycles. The number of carbonyl (C=O) groups excluding carboxylic acids is 3. The van der Waals surface area contributed by atoms with Gasteiger partial charge in [-0.15, -0.1) is 0 Å². The van der Waals surface area contributed by atoms with Gasteiger partial charge < -0.3 is 9.64 Å². The molecule has 3 aromatic rings. The zero-order chi connectivity index (χ0) is 28.2. The van der Waals surface area contributed by atoms with Crippen molar-refractivity contribution >= 4 is 45.0 Å². The number of halogens is 1. The minimum absolute atomic E-state index is 0.0164. The van der Waals surface area contributed by atoms with Gasteiger partial charge in [0.25, 0.3) is 5.91 Å². The van der Waals surface area contributed by atoms with E-state index in [1.807, 2.05) is 6.92 Å². The SMILES string of the molecule is CCOc1ccc(N2C(=O)CC(N(CCc3ccc(S(N)(=O)=O)cc3)C(=O)Cc3ccc(Cl)cc3)C2=O)cc1. The van der Waals surface area contributed by atoms with Crippen LogP contribution in [0.5, 0.6) is 5.75 Å². The van der Waals surface area contributed by atoms with Crippen molar-refractivity contribution in [3.8, 4) is 5.75 Å². The molecule has 204 valence electrons. The number of imide groups is 1. The minimum Gasteiger partial charge on any atom is -0.494 e. The van der Waals surface area contributed by atoms with E-state index in [9.17, 15) is 22.8 Å². The molecule has 0 aliphatic carbocycles.